The highest BCUT2D eigenvalue weighted by atomic mass is 16.1. The molecule has 0 bridgehead atoms. The maximum Gasteiger partial charge on any atom is 0.167 e. The van der Waals surface area contributed by atoms with Crippen molar-refractivity contribution < 1.29 is 4.79 Å². The Hall–Kier alpha value is -2.15. The van der Waals surface area contributed by atoms with Crippen molar-refractivity contribution in [3.05, 3.63) is 65.8 Å². The molecule has 0 fully saturated rings. The van der Waals surface area contributed by atoms with Crippen LogP contribution in [-0.4, -0.2) is 5.78 Å². The highest BCUT2D eigenvalue weighted by Crippen LogP contribution is 2.28. The summed E-state index contributed by atoms with van der Waals surface area (Å²) in [6.07, 6.45) is 4.36. The second-order valence-corrected chi connectivity index (χ2v) is 4.34. The minimum absolute atomic E-state index is 0.153. The molecule has 0 atom stereocenters. The largest absolute Gasteiger partial charge is 0.294 e. The fourth-order valence-corrected chi connectivity index (χ4v) is 2.28. The SMILES string of the molecule is C=C1C=Cc2c(ccc3ccccc23)C(=O)C1. The third-order valence-electron chi connectivity index (χ3n) is 3.14. The topological polar surface area (TPSA) is 17.1 Å². The first-order chi connectivity index (χ1) is 8.25. The monoisotopic (exact) mass is 220 g/mol. The van der Waals surface area contributed by atoms with Gasteiger partial charge in [-0.05, 0) is 21.9 Å². The molecule has 0 spiro atoms. The highest BCUT2D eigenvalue weighted by molar-refractivity contribution is 6.08. The van der Waals surface area contributed by atoms with E-state index in [-0.39, 0.29) is 5.78 Å². The van der Waals surface area contributed by atoms with Crippen LogP contribution < -0.4 is 0 Å². The lowest BCUT2D eigenvalue weighted by Gasteiger charge is -2.06. The first kappa shape index (κ1) is 10.0. The molecule has 17 heavy (non-hydrogen) atoms. The van der Waals surface area contributed by atoms with E-state index in [1.54, 1.807) is 0 Å². The van der Waals surface area contributed by atoms with E-state index in [9.17, 15) is 4.79 Å². The molecule has 2 aromatic carbocycles. The summed E-state index contributed by atoms with van der Waals surface area (Å²) >= 11 is 0. The van der Waals surface area contributed by atoms with Gasteiger partial charge in [-0.15, -0.1) is 0 Å². The van der Waals surface area contributed by atoms with Gasteiger partial charge in [0.25, 0.3) is 0 Å². The quantitative estimate of drug-likeness (QED) is 0.656. The van der Waals surface area contributed by atoms with Crippen molar-refractivity contribution in [2.75, 3.05) is 0 Å². The van der Waals surface area contributed by atoms with Crippen molar-refractivity contribution in [1.82, 2.24) is 0 Å². The van der Waals surface area contributed by atoms with E-state index in [1.807, 2.05) is 36.4 Å². The van der Waals surface area contributed by atoms with E-state index in [0.717, 1.165) is 27.5 Å². The van der Waals surface area contributed by atoms with E-state index in [4.69, 9.17) is 0 Å². The number of ketones is 1. The normalized spacial score (nSPS) is 14.8. The summed E-state index contributed by atoms with van der Waals surface area (Å²) in [5.74, 6) is 0.153. The molecule has 0 heterocycles. The first-order valence-electron chi connectivity index (χ1n) is 5.66. The van der Waals surface area contributed by atoms with Gasteiger partial charge in [0.05, 0.1) is 0 Å². The van der Waals surface area contributed by atoms with E-state index in [0.29, 0.717) is 6.42 Å². The van der Waals surface area contributed by atoms with Crippen LogP contribution in [0.3, 0.4) is 0 Å². The number of rotatable bonds is 0. The summed E-state index contributed by atoms with van der Waals surface area (Å²) in [5.41, 5.74) is 2.70. The molecule has 1 nitrogen and oxygen atoms in total. The number of fused-ring (bicyclic) bond motifs is 3. The summed E-state index contributed by atoms with van der Waals surface area (Å²) in [5, 5.41) is 2.29. The molecule has 0 radical (unpaired) electrons. The summed E-state index contributed by atoms with van der Waals surface area (Å²) < 4.78 is 0. The maximum atomic E-state index is 12.1. The lowest BCUT2D eigenvalue weighted by molar-refractivity contribution is 0.0994. The van der Waals surface area contributed by atoms with Crippen LogP contribution in [-0.2, 0) is 0 Å². The Morgan fingerprint density at radius 2 is 1.82 bits per heavy atom. The van der Waals surface area contributed by atoms with Gasteiger partial charge in [-0.25, -0.2) is 0 Å². The van der Waals surface area contributed by atoms with Crippen LogP contribution in [0.1, 0.15) is 22.3 Å². The number of allylic oxidation sites excluding steroid dienone is 2. The van der Waals surface area contributed by atoms with Crippen LogP contribution in [0.25, 0.3) is 16.8 Å². The third kappa shape index (κ3) is 1.60. The number of hydrogen-bond donors (Lipinski definition) is 0. The molecule has 0 N–H and O–H groups in total. The lowest BCUT2D eigenvalue weighted by atomic mass is 9.96. The van der Waals surface area contributed by atoms with E-state index < -0.39 is 0 Å². The van der Waals surface area contributed by atoms with E-state index in [1.165, 1.54) is 0 Å². The number of Topliss-reactive ketones (excluding diaryl/α,β-unsaturated/α-hetero) is 1. The predicted molar refractivity (Wildman–Crippen MR) is 71.1 cm³/mol. The third-order valence-corrected chi connectivity index (χ3v) is 3.14. The predicted octanol–water partition coefficient (Wildman–Crippen LogP) is 4.00. The molecule has 0 saturated heterocycles. The zero-order valence-corrected chi connectivity index (χ0v) is 9.44. The van der Waals surface area contributed by atoms with Crippen LogP contribution in [0, 0.1) is 0 Å². The van der Waals surface area contributed by atoms with Gasteiger partial charge in [0.15, 0.2) is 5.78 Å². The smallest absolute Gasteiger partial charge is 0.167 e. The second-order valence-electron chi connectivity index (χ2n) is 4.34. The summed E-state index contributed by atoms with van der Waals surface area (Å²) in [6.45, 7) is 3.88. The van der Waals surface area contributed by atoms with Crippen molar-refractivity contribution in [3.63, 3.8) is 0 Å². The van der Waals surface area contributed by atoms with Gasteiger partial charge >= 0.3 is 0 Å². The number of carbonyl (C=O) groups is 1. The van der Waals surface area contributed by atoms with Crippen LogP contribution in [0.15, 0.2) is 54.6 Å². The van der Waals surface area contributed by atoms with Crippen LogP contribution >= 0.6 is 0 Å². The van der Waals surface area contributed by atoms with Crippen LogP contribution in [0.5, 0.6) is 0 Å². The maximum absolute atomic E-state index is 12.1. The van der Waals surface area contributed by atoms with Crippen molar-refractivity contribution in [2.24, 2.45) is 0 Å². The van der Waals surface area contributed by atoms with Crippen LogP contribution in [0.4, 0.5) is 0 Å². The highest BCUT2D eigenvalue weighted by Gasteiger charge is 2.15. The van der Waals surface area contributed by atoms with Crippen LogP contribution in [0.2, 0.25) is 0 Å². The summed E-state index contributed by atoms with van der Waals surface area (Å²) in [7, 11) is 0. The molecule has 0 aromatic heterocycles. The molecule has 0 unspecified atom stereocenters. The fraction of sp³-hybridized carbons (Fsp3) is 0.0625. The average molecular weight is 220 g/mol. The van der Waals surface area contributed by atoms with Gasteiger partial charge < -0.3 is 0 Å². The van der Waals surface area contributed by atoms with Gasteiger partial charge in [0, 0.05) is 12.0 Å². The van der Waals surface area contributed by atoms with Crippen molar-refractivity contribution in [2.45, 2.75) is 6.42 Å². The van der Waals surface area contributed by atoms with Crippen molar-refractivity contribution in [3.8, 4) is 0 Å². The molecule has 0 saturated carbocycles. The molecule has 0 amide bonds. The average Bonchev–Trinajstić information content (AvgIpc) is 2.49. The second kappa shape index (κ2) is 3.70. The Morgan fingerprint density at radius 1 is 1.00 bits per heavy atom. The van der Waals surface area contributed by atoms with Gasteiger partial charge in [0.1, 0.15) is 0 Å². The number of benzene rings is 2. The molecule has 82 valence electrons. The van der Waals surface area contributed by atoms with E-state index >= 15 is 0 Å². The first-order valence-corrected chi connectivity index (χ1v) is 5.66. The van der Waals surface area contributed by atoms with Crippen molar-refractivity contribution in [1.29, 1.82) is 0 Å². The molecule has 3 rings (SSSR count). The van der Waals surface area contributed by atoms with Gasteiger partial charge in [-0.3, -0.25) is 4.79 Å². The molecular weight excluding hydrogens is 208 g/mol. The molecular formula is C16H12O. The zero-order chi connectivity index (χ0) is 11.8. The van der Waals surface area contributed by atoms with Crippen molar-refractivity contribution >= 4 is 22.6 Å². The summed E-state index contributed by atoms with van der Waals surface area (Å²) in [4.78, 5) is 12.1. The number of hydrogen-bond acceptors (Lipinski definition) is 1. The molecule has 0 aliphatic heterocycles. The molecule has 1 heteroatoms. The number of carbonyl (C=O) groups excluding carboxylic acids is 1. The Bertz CT molecular complexity index is 662. The van der Waals surface area contributed by atoms with Gasteiger partial charge in [-0.1, -0.05) is 55.1 Å². The van der Waals surface area contributed by atoms with Gasteiger partial charge in [0.2, 0.25) is 0 Å². The molecule has 2 aromatic rings. The Balaban J connectivity index is 2.38. The molecule has 1 aliphatic rings. The van der Waals surface area contributed by atoms with E-state index in [2.05, 4.69) is 18.7 Å². The minimum atomic E-state index is 0.153. The molecule has 1 aliphatic carbocycles. The standard InChI is InChI=1S/C16H12O/c1-11-6-8-14-13-5-3-2-4-12(13)7-9-15(14)16(17)10-11/h2-9H,1,10H2. The van der Waals surface area contributed by atoms with Gasteiger partial charge in [-0.2, -0.15) is 0 Å². The zero-order valence-electron chi connectivity index (χ0n) is 9.44. The Morgan fingerprint density at radius 3 is 2.71 bits per heavy atom. The lowest BCUT2D eigenvalue weighted by Crippen LogP contribution is -2.00. The minimum Gasteiger partial charge on any atom is -0.294 e. The Kier molecular flexibility index (Phi) is 2.19. The fourth-order valence-electron chi connectivity index (χ4n) is 2.28. The Labute approximate surface area is 100 Å². The summed E-state index contributed by atoms with van der Waals surface area (Å²) in [6, 6.07) is 12.1.